The standard InChI is InChI=1S/C48H54FN11O4/c1-29-24-33(8-12-37(29)30(2)51-45(62)44-53-46(64-56-44)48(3,4)5)42-38-25-34(27-50-43(38)55-54-42)32-6-9-35(10-7-32)58-22-20-57(21-23-58)28-31-14-17-59(18-15-31)40-13-11-36(26-39(40)49)60-19-16-41(61)52-47(60)63/h6-13,24-27,30-31H,14-23,28H2,1-5H3,(H,51,62)(H,50,54,55)(H,52,61,63)/t30-/m1/s1. The highest BCUT2D eigenvalue weighted by atomic mass is 19.1. The zero-order valence-electron chi connectivity index (χ0n) is 36.9. The first-order valence-corrected chi connectivity index (χ1v) is 22.1. The highest BCUT2D eigenvalue weighted by Gasteiger charge is 2.29. The summed E-state index contributed by atoms with van der Waals surface area (Å²) < 4.78 is 20.6. The Morgan fingerprint density at radius 2 is 1.62 bits per heavy atom. The summed E-state index contributed by atoms with van der Waals surface area (Å²) in [5, 5.41) is 17.8. The molecule has 0 bridgehead atoms. The molecule has 3 saturated heterocycles. The molecular formula is C48H54FN11O4. The first-order chi connectivity index (χ1) is 30.8. The average molecular weight is 868 g/mol. The van der Waals surface area contributed by atoms with Crippen LogP contribution in [0.2, 0.25) is 0 Å². The molecule has 3 aromatic carbocycles. The number of imide groups is 1. The van der Waals surface area contributed by atoms with Crippen molar-refractivity contribution in [3.05, 3.63) is 102 Å². The molecule has 3 aliphatic rings. The number of nitrogens with one attached hydrogen (secondary N) is 3. The van der Waals surface area contributed by atoms with E-state index in [1.54, 1.807) is 12.1 Å². The first-order valence-electron chi connectivity index (χ1n) is 22.1. The maximum Gasteiger partial charge on any atom is 0.328 e. The van der Waals surface area contributed by atoms with Crippen LogP contribution >= 0.6 is 0 Å². The summed E-state index contributed by atoms with van der Waals surface area (Å²) in [6, 6.07) is 21.1. The van der Waals surface area contributed by atoms with Gasteiger partial charge in [-0.2, -0.15) is 10.1 Å². The van der Waals surface area contributed by atoms with Crippen molar-refractivity contribution in [2.75, 3.05) is 67.1 Å². The molecule has 1 atom stereocenters. The third-order valence-corrected chi connectivity index (χ3v) is 12.8. The quantitative estimate of drug-likeness (QED) is 0.126. The van der Waals surface area contributed by atoms with Crippen LogP contribution in [0.5, 0.6) is 0 Å². The number of nitrogens with zero attached hydrogens (tertiary/aromatic N) is 8. The molecule has 3 aliphatic heterocycles. The monoisotopic (exact) mass is 867 g/mol. The maximum absolute atomic E-state index is 15.3. The van der Waals surface area contributed by atoms with Gasteiger partial charge in [0.1, 0.15) is 5.82 Å². The molecule has 15 nitrogen and oxygen atoms in total. The van der Waals surface area contributed by atoms with Crippen molar-refractivity contribution >= 4 is 45.9 Å². The zero-order chi connectivity index (χ0) is 44.7. The minimum absolute atomic E-state index is 0.0169. The van der Waals surface area contributed by atoms with Gasteiger partial charge >= 0.3 is 6.03 Å². The minimum Gasteiger partial charge on any atom is -0.369 e. The number of amides is 4. The minimum atomic E-state index is -0.512. The lowest BCUT2D eigenvalue weighted by molar-refractivity contribution is -0.120. The van der Waals surface area contributed by atoms with Gasteiger partial charge < -0.3 is 19.6 Å². The predicted molar refractivity (Wildman–Crippen MR) is 244 cm³/mol. The van der Waals surface area contributed by atoms with Crippen molar-refractivity contribution < 1.29 is 23.3 Å². The fraction of sp³-hybridized carbons (Fsp3) is 0.396. The van der Waals surface area contributed by atoms with E-state index in [1.165, 1.54) is 16.7 Å². The molecule has 3 fully saturated rings. The highest BCUT2D eigenvalue weighted by molar-refractivity contribution is 6.05. The maximum atomic E-state index is 15.3. The van der Waals surface area contributed by atoms with E-state index in [1.807, 2.05) is 52.9 Å². The lowest BCUT2D eigenvalue weighted by Crippen LogP contribution is -2.49. The first kappa shape index (κ1) is 42.6. The zero-order valence-corrected chi connectivity index (χ0v) is 36.9. The number of rotatable bonds is 10. The Morgan fingerprint density at radius 3 is 2.31 bits per heavy atom. The van der Waals surface area contributed by atoms with Crippen molar-refractivity contribution in [3.63, 3.8) is 0 Å². The molecule has 3 N–H and O–H groups in total. The van der Waals surface area contributed by atoms with Crippen LogP contribution in [0.25, 0.3) is 33.4 Å². The Morgan fingerprint density at radius 1 is 0.891 bits per heavy atom. The number of halogens is 1. The van der Waals surface area contributed by atoms with Gasteiger partial charge in [-0.25, -0.2) is 14.2 Å². The topological polar surface area (TPSA) is 169 Å². The van der Waals surface area contributed by atoms with E-state index in [2.05, 4.69) is 82.1 Å². The van der Waals surface area contributed by atoms with Crippen LogP contribution in [0.3, 0.4) is 0 Å². The fourth-order valence-corrected chi connectivity index (χ4v) is 9.06. The number of piperazine rings is 1. The van der Waals surface area contributed by atoms with Gasteiger partial charge in [0.05, 0.1) is 17.4 Å². The van der Waals surface area contributed by atoms with Crippen molar-refractivity contribution in [3.8, 4) is 22.4 Å². The van der Waals surface area contributed by atoms with E-state index < -0.39 is 6.03 Å². The average Bonchev–Trinajstić information content (AvgIpc) is 3.96. The molecule has 0 radical (unpaired) electrons. The number of carbonyl (C=O) groups is 3. The molecule has 3 aromatic heterocycles. The molecule has 64 heavy (non-hydrogen) atoms. The van der Waals surface area contributed by atoms with Gasteiger partial charge in [-0.1, -0.05) is 50.2 Å². The number of aromatic amines is 1. The fourth-order valence-electron chi connectivity index (χ4n) is 9.06. The summed E-state index contributed by atoms with van der Waals surface area (Å²) in [5.41, 5.74) is 8.43. The molecule has 16 heteroatoms. The van der Waals surface area contributed by atoms with E-state index >= 15 is 4.39 Å². The molecule has 0 unspecified atom stereocenters. The SMILES string of the molecule is Cc1cc(-c2[nH]nc3ncc(-c4ccc(N5CCN(CC6CCN(c7ccc(N8CCC(=O)NC8=O)cc7F)CC6)CC5)cc4)cc23)ccc1[C@@H](C)NC(=O)c1noc(C(C)(C)C)n1. The van der Waals surface area contributed by atoms with E-state index in [9.17, 15) is 14.4 Å². The molecular weight excluding hydrogens is 814 g/mol. The lowest BCUT2D eigenvalue weighted by atomic mass is 9.95. The molecule has 6 heterocycles. The van der Waals surface area contributed by atoms with Crippen molar-refractivity contribution in [1.82, 2.24) is 40.9 Å². The number of piperidine rings is 1. The highest BCUT2D eigenvalue weighted by Crippen LogP contribution is 2.34. The summed E-state index contributed by atoms with van der Waals surface area (Å²) in [6.07, 6.45) is 4.06. The number of carbonyl (C=O) groups excluding carboxylic acids is 3. The van der Waals surface area contributed by atoms with Crippen LogP contribution in [0.4, 0.5) is 26.2 Å². The Bertz CT molecular complexity index is 2690. The van der Waals surface area contributed by atoms with Crippen molar-refractivity contribution in [2.24, 2.45) is 5.92 Å². The third kappa shape index (κ3) is 8.91. The smallest absolute Gasteiger partial charge is 0.328 e. The largest absolute Gasteiger partial charge is 0.369 e. The number of anilines is 3. The Balaban J connectivity index is 0.771. The van der Waals surface area contributed by atoms with Crippen LogP contribution in [0.15, 0.2) is 77.4 Å². The van der Waals surface area contributed by atoms with Crippen molar-refractivity contribution in [1.29, 1.82) is 0 Å². The summed E-state index contributed by atoms with van der Waals surface area (Å²) >= 11 is 0. The van der Waals surface area contributed by atoms with Crippen LogP contribution in [-0.4, -0.2) is 100 Å². The van der Waals surface area contributed by atoms with Gasteiger partial charge in [-0.05, 0) is 91.8 Å². The summed E-state index contributed by atoms with van der Waals surface area (Å²) in [4.78, 5) is 54.2. The number of fused-ring (bicyclic) bond motifs is 1. The van der Waals surface area contributed by atoms with Crippen LogP contribution in [0, 0.1) is 18.7 Å². The number of H-pyrrole nitrogens is 1. The molecule has 0 saturated carbocycles. The normalized spacial score (nSPS) is 17.2. The molecule has 4 amide bonds. The van der Waals surface area contributed by atoms with E-state index in [4.69, 9.17) is 9.51 Å². The predicted octanol–water partition coefficient (Wildman–Crippen LogP) is 7.40. The van der Waals surface area contributed by atoms with Crippen molar-refractivity contribution in [2.45, 2.75) is 65.3 Å². The summed E-state index contributed by atoms with van der Waals surface area (Å²) in [6.45, 7) is 16.6. The second-order valence-electron chi connectivity index (χ2n) is 18.3. The number of urea groups is 1. The Labute approximate surface area is 371 Å². The molecule has 0 aliphatic carbocycles. The number of hydrogen-bond acceptors (Lipinski definition) is 11. The van der Waals surface area contributed by atoms with E-state index in [0.717, 1.165) is 97.6 Å². The van der Waals surface area contributed by atoms with Gasteiger partial charge in [0.2, 0.25) is 11.8 Å². The molecule has 6 aromatic rings. The summed E-state index contributed by atoms with van der Waals surface area (Å²) in [7, 11) is 0. The summed E-state index contributed by atoms with van der Waals surface area (Å²) in [5.74, 6) is -0.0640. The van der Waals surface area contributed by atoms with E-state index in [-0.39, 0.29) is 47.9 Å². The van der Waals surface area contributed by atoms with Gasteiger partial charge in [-0.3, -0.25) is 29.8 Å². The van der Waals surface area contributed by atoms with Gasteiger partial charge in [0, 0.05) is 98.3 Å². The molecule has 0 spiro atoms. The van der Waals surface area contributed by atoms with E-state index in [0.29, 0.717) is 28.8 Å². The van der Waals surface area contributed by atoms with Crippen LogP contribution in [0.1, 0.15) is 80.6 Å². The Kier molecular flexibility index (Phi) is 11.6. The van der Waals surface area contributed by atoms with Gasteiger partial charge in [0.25, 0.3) is 11.7 Å². The number of aromatic nitrogens is 5. The number of aryl methyl sites for hydroxylation is 1. The van der Waals surface area contributed by atoms with Gasteiger partial charge in [0.15, 0.2) is 5.65 Å². The van der Waals surface area contributed by atoms with Gasteiger partial charge in [-0.15, -0.1) is 0 Å². The lowest BCUT2D eigenvalue weighted by Gasteiger charge is -2.40. The van der Waals surface area contributed by atoms with Crippen LogP contribution < -0.4 is 25.3 Å². The third-order valence-electron chi connectivity index (χ3n) is 12.8. The van der Waals surface area contributed by atoms with Crippen LogP contribution in [-0.2, 0) is 10.2 Å². The number of pyridine rings is 1. The number of benzene rings is 3. The Hall–Kier alpha value is -6.68. The second-order valence-corrected chi connectivity index (χ2v) is 18.3. The molecule has 332 valence electrons. The number of hydrogen-bond donors (Lipinski definition) is 3. The molecule has 9 rings (SSSR count). The second kappa shape index (κ2) is 17.5.